The van der Waals surface area contributed by atoms with Crippen LogP contribution in [0.3, 0.4) is 0 Å². The molecule has 0 aliphatic carbocycles. The van der Waals surface area contributed by atoms with Crippen molar-refractivity contribution >= 4 is 39.3 Å². The second-order valence-electron chi connectivity index (χ2n) is 4.43. The lowest BCUT2D eigenvalue weighted by Crippen LogP contribution is -2.33. The van der Waals surface area contributed by atoms with Crippen molar-refractivity contribution in [3.8, 4) is 0 Å². The summed E-state index contributed by atoms with van der Waals surface area (Å²) < 4.78 is 22.3. The number of hydrogen-bond donors (Lipinski definition) is 0. The minimum Gasteiger partial charge on any atom is -0.425 e. The van der Waals surface area contributed by atoms with Crippen molar-refractivity contribution in [2.75, 3.05) is 0 Å². The molecule has 0 unspecified atom stereocenters. The van der Waals surface area contributed by atoms with Crippen molar-refractivity contribution in [3.63, 3.8) is 0 Å². The van der Waals surface area contributed by atoms with Gasteiger partial charge in [-0.2, -0.15) is 0 Å². The van der Waals surface area contributed by atoms with Crippen molar-refractivity contribution in [1.82, 2.24) is 0 Å². The van der Waals surface area contributed by atoms with Crippen LogP contribution in [0.4, 0.5) is 0 Å². The van der Waals surface area contributed by atoms with Gasteiger partial charge in [0.25, 0.3) is 30.0 Å². The molecule has 1 rings (SSSR count). The predicted octanol–water partition coefficient (Wildman–Crippen LogP) is 0.0339. The molecule has 0 amide bonds. The minimum atomic E-state index is -1.37. The summed E-state index contributed by atoms with van der Waals surface area (Å²) in [6, 6.07) is 1.15. The van der Waals surface area contributed by atoms with E-state index in [1.165, 1.54) is 44.9 Å². The Hall–Kier alpha value is 0.708. The van der Waals surface area contributed by atoms with E-state index in [2.05, 4.69) is 6.92 Å². The molecule has 0 radical (unpaired) electrons. The number of hydrogen-bond acceptors (Lipinski definition) is 4. The van der Waals surface area contributed by atoms with Gasteiger partial charge in [0.2, 0.25) is 0 Å². The monoisotopic (exact) mass is 310 g/mol. The molecular formula is C9H26O4Si4. The van der Waals surface area contributed by atoms with E-state index < -0.39 is 39.3 Å². The Labute approximate surface area is 114 Å². The fourth-order valence-corrected chi connectivity index (χ4v) is 10.9. The molecule has 17 heavy (non-hydrogen) atoms. The van der Waals surface area contributed by atoms with E-state index in [-0.39, 0.29) is 0 Å². The van der Waals surface area contributed by atoms with E-state index in [1.807, 2.05) is 0 Å². The SMILES string of the molecule is CCCCCCCCC[SiH]1O[SiH2]O[SiH2]O[SiH2]O1. The average molecular weight is 311 g/mol. The third kappa shape index (κ3) is 9.31. The first-order valence-electron chi connectivity index (χ1n) is 6.82. The van der Waals surface area contributed by atoms with Crippen molar-refractivity contribution < 1.29 is 16.5 Å². The molecule has 0 N–H and O–H groups in total. The highest BCUT2D eigenvalue weighted by Crippen LogP contribution is 2.11. The lowest BCUT2D eigenvalue weighted by Gasteiger charge is -2.20. The largest absolute Gasteiger partial charge is 0.425 e. The van der Waals surface area contributed by atoms with Crippen molar-refractivity contribution in [2.24, 2.45) is 0 Å². The Balaban J connectivity index is 1.90. The van der Waals surface area contributed by atoms with Gasteiger partial charge in [-0.15, -0.1) is 0 Å². The van der Waals surface area contributed by atoms with Crippen LogP contribution in [0.5, 0.6) is 0 Å². The maximum absolute atomic E-state index is 5.75. The Bertz CT molecular complexity index is 167. The molecule has 4 nitrogen and oxygen atoms in total. The third-order valence-corrected chi connectivity index (χ3v) is 10.5. The second-order valence-corrected chi connectivity index (χ2v) is 12.5. The Morgan fingerprint density at radius 2 is 1.35 bits per heavy atom. The molecule has 1 heterocycles. The first-order valence-corrected chi connectivity index (χ1v) is 12.0. The quantitative estimate of drug-likeness (QED) is 0.468. The molecule has 1 aliphatic heterocycles. The van der Waals surface area contributed by atoms with E-state index >= 15 is 0 Å². The topological polar surface area (TPSA) is 36.9 Å². The first kappa shape index (κ1) is 15.8. The van der Waals surface area contributed by atoms with Crippen LogP contribution in [0.1, 0.15) is 51.9 Å². The molecule has 0 aromatic heterocycles. The average Bonchev–Trinajstić information content (AvgIpc) is 2.30. The molecular weight excluding hydrogens is 284 g/mol. The van der Waals surface area contributed by atoms with Gasteiger partial charge in [-0.1, -0.05) is 51.9 Å². The van der Waals surface area contributed by atoms with Gasteiger partial charge < -0.3 is 16.5 Å². The van der Waals surface area contributed by atoms with Crippen LogP contribution in [-0.4, -0.2) is 39.3 Å². The summed E-state index contributed by atoms with van der Waals surface area (Å²) >= 11 is 0. The Morgan fingerprint density at radius 1 is 0.765 bits per heavy atom. The van der Waals surface area contributed by atoms with Gasteiger partial charge >= 0.3 is 9.28 Å². The molecule has 8 heteroatoms. The van der Waals surface area contributed by atoms with Gasteiger partial charge in [0.05, 0.1) is 0 Å². The fourth-order valence-electron chi connectivity index (χ4n) is 1.86. The van der Waals surface area contributed by atoms with E-state index in [9.17, 15) is 0 Å². The molecule has 0 atom stereocenters. The van der Waals surface area contributed by atoms with Crippen LogP contribution in [0, 0.1) is 0 Å². The van der Waals surface area contributed by atoms with Crippen molar-refractivity contribution in [3.05, 3.63) is 0 Å². The summed E-state index contributed by atoms with van der Waals surface area (Å²) in [5.74, 6) is 0. The molecule has 1 saturated heterocycles. The van der Waals surface area contributed by atoms with Gasteiger partial charge in [-0.3, -0.25) is 0 Å². The minimum absolute atomic E-state index is 0.711. The molecule has 0 aromatic rings. The van der Waals surface area contributed by atoms with Crippen molar-refractivity contribution in [2.45, 2.75) is 57.9 Å². The summed E-state index contributed by atoms with van der Waals surface area (Å²) in [4.78, 5) is 0. The molecule has 1 aliphatic rings. The number of rotatable bonds is 8. The highest BCUT2D eigenvalue weighted by Gasteiger charge is 2.15. The van der Waals surface area contributed by atoms with Gasteiger partial charge in [0.1, 0.15) is 0 Å². The van der Waals surface area contributed by atoms with E-state index in [0.717, 1.165) is 6.04 Å². The van der Waals surface area contributed by atoms with Crippen LogP contribution in [0.15, 0.2) is 0 Å². The Morgan fingerprint density at radius 3 is 2.00 bits per heavy atom. The van der Waals surface area contributed by atoms with Crippen molar-refractivity contribution in [1.29, 1.82) is 0 Å². The number of unbranched alkanes of at least 4 members (excludes halogenated alkanes) is 6. The fraction of sp³-hybridized carbons (Fsp3) is 1.00. The zero-order valence-electron chi connectivity index (χ0n) is 11.0. The summed E-state index contributed by atoms with van der Waals surface area (Å²) in [5.41, 5.74) is 0. The second kappa shape index (κ2) is 11.8. The molecule has 102 valence electrons. The van der Waals surface area contributed by atoms with Crippen LogP contribution in [-0.2, 0) is 16.5 Å². The van der Waals surface area contributed by atoms with E-state index in [0.29, 0.717) is 0 Å². The van der Waals surface area contributed by atoms with Gasteiger partial charge in [-0.05, 0) is 6.04 Å². The molecule has 0 spiro atoms. The lowest BCUT2D eigenvalue weighted by atomic mass is 10.1. The highest BCUT2D eigenvalue weighted by molar-refractivity contribution is 6.59. The smallest absolute Gasteiger partial charge is 0.303 e. The lowest BCUT2D eigenvalue weighted by molar-refractivity contribution is 0.327. The van der Waals surface area contributed by atoms with Gasteiger partial charge in [0.15, 0.2) is 0 Å². The summed E-state index contributed by atoms with van der Waals surface area (Å²) in [6.45, 7) is 2.26. The van der Waals surface area contributed by atoms with Gasteiger partial charge in [0, 0.05) is 0 Å². The normalized spacial score (nSPS) is 26.3. The van der Waals surface area contributed by atoms with Crippen LogP contribution in [0.25, 0.3) is 0 Å². The third-order valence-electron chi connectivity index (χ3n) is 2.88. The maximum atomic E-state index is 5.75. The maximum Gasteiger partial charge on any atom is 0.303 e. The standard InChI is InChI=1S/C9H26O4Si4/c1-2-3-4-5-6-7-8-9-17-12-15-10-14-11-16-13-17/h17H,2-9,14-16H2,1H3. The molecule has 1 fully saturated rings. The first-order chi connectivity index (χ1) is 8.43. The van der Waals surface area contributed by atoms with E-state index in [1.54, 1.807) is 0 Å². The predicted molar refractivity (Wildman–Crippen MR) is 79.9 cm³/mol. The summed E-state index contributed by atoms with van der Waals surface area (Å²) in [7, 11) is -3.58. The van der Waals surface area contributed by atoms with Crippen LogP contribution >= 0.6 is 0 Å². The van der Waals surface area contributed by atoms with Crippen LogP contribution in [0.2, 0.25) is 6.04 Å². The zero-order chi connectivity index (χ0) is 12.2. The summed E-state index contributed by atoms with van der Waals surface area (Å²) in [5, 5.41) is 0. The Kier molecular flexibility index (Phi) is 10.9. The molecule has 0 aromatic carbocycles. The van der Waals surface area contributed by atoms with Gasteiger partial charge in [-0.25, -0.2) is 0 Å². The highest BCUT2D eigenvalue weighted by atomic mass is 28.4. The van der Waals surface area contributed by atoms with E-state index in [4.69, 9.17) is 16.5 Å². The van der Waals surface area contributed by atoms with Crippen LogP contribution < -0.4 is 0 Å². The molecule has 0 saturated carbocycles. The summed E-state index contributed by atoms with van der Waals surface area (Å²) in [6.07, 6.45) is 9.48. The zero-order valence-corrected chi connectivity index (χ0v) is 16.4. The molecule has 0 bridgehead atoms.